The second-order valence-corrected chi connectivity index (χ2v) is 8.15. The number of aromatic amines is 1. The lowest BCUT2D eigenvalue weighted by molar-refractivity contribution is 0.233. The number of rotatable bonds is 4. The third-order valence-electron chi connectivity index (χ3n) is 5.51. The molecule has 1 heterocycles. The van der Waals surface area contributed by atoms with Crippen LogP contribution in [-0.2, 0) is 5.41 Å². The van der Waals surface area contributed by atoms with Gasteiger partial charge in [0.25, 0.3) is 0 Å². The van der Waals surface area contributed by atoms with Crippen LogP contribution in [0.25, 0.3) is 16.5 Å². The minimum Gasteiger partial charge on any atom is -0.487 e. The highest BCUT2D eigenvalue weighted by molar-refractivity contribution is 6.01. The number of hydrogen-bond donors (Lipinski definition) is 1. The third-order valence-corrected chi connectivity index (χ3v) is 5.51. The van der Waals surface area contributed by atoms with Gasteiger partial charge < -0.3 is 14.5 Å². The first kappa shape index (κ1) is 18.9. The summed E-state index contributed by atoms with van der Waals surface area (Å²) in [6.07, 6.45) is 1.43. The van der Waals surface area contributed by atoms with Gasteiger partial charge in [-0.3, -0.25) is 0 Å². The van der Waals surface area contributed by atoms with Gasteiger partial charge in [0.2, 0.25) is 0 Å². The maximum Gasteiger partial charge on any atom is 0.168 e. The van der Waals surface area contributed by atoms with E-state index in [9.17, 15) is 5.26 Å². The zero-order chi connectivity index (χ0) is 20.9. The van der Waals surface area contributed by atoms with Crippen LogP contribution in [0.2, 0.25) is 0 Å². The molecule has 2 aromatic carbocycles. The molecule has 4 nitrogen and oxygen atoms in total. The summed E-state index contributed by atoms with van der Waals surface area (Å²) in [6.45, 7) is 16.4. The van der Waals surface area contributed by atoms with Crippen molar-refractivity contribution >= 4 is 16.5 Å². The van der Waals surface area contributed by atoms with Gasteiger partial charge in [0.15, 0.2) is 11.5 Å². The number of nitrogens with zero attached hydrogens (tertiary/aromatic N) is 1. The minimum atomic E-state index is -0.312. The van der Waals surface area contributed by atoms with Gasteiger partial charge in [0, 0.05) is 27.6 Å². The number of fused-ring (bicyclic) bond motifs is 4. The third kappa shape index (κ3) is 2.82. The molecule has 0 aliphatic heterocycles. The molecule has 3 aromatic rings. The Hall–Kier alpha value is -3.45. The predicted octanol–water partition coefficient (Wildman–Crippen LogP) is 6.05. The first-order valence-corrected chi connectivity index (χ1v) is 9.66. The maximum atomic E-state index is 9.26. The van der Waals surface area contributed by atoms with Crippen molar-refractivity contribution in [1.29, 1.82) is 5.26 Å². The molecule has 0 radical (unpaired) electrons. The number of aromatic nitrogens is 1. The van der Waals surface area contributed by atoms with Crippen LogP contribution in [-0.4, -0.2) is 11.1 Å². The van der Waals surface area contributed by atoms with Gasteiger partial charge in [-0.25, -0.2) is 0 Å². The second kappa shape index (κ2) is 6.56. The lowest BCUT2D eigenvalue weighted by Gasteiger charge is -2.35. The molecule has 0 atom stereocenters. The first-order chi connectivity index (χ1) is 13.8. The lowest BCUT2D eigenvalue weighted by atomic mass is 9.70. The first-order valence-electron chi connectivity index (χ1n) is 9.66. The van der Waals surface area contributed by atoms with E-state index in [2.05, 4.69) is 38.1 Å². The largest absolute Gasteiger partial charge is 0.487 e. The molecule has 0 spiro atoms. The fourth-order valence-electron chi connectivity index (χ4n) is 4.17. The molecule has 1 aromatic heterocycles. The van der Waals surface area contributed by atoms with Crippen molar-refractivity contribution in [3.63, 3.8) is 0 Å². The summed E-state index contributed by atoms with van der Waals surface area (Å²) < 4.78 is 11.7. The van der Waals surface area contributed by atoms with Gasteiger partial charge in [-0.1, -0.05) is 33.1 Å². The Morgan fingerprint density at radius 1 is 1.17 bits per heavy atom. The second-order valence-electron chi connectivity index (χ2n) is 8.15. The molecule has 0 fully saturated rings. The summed E-state index contributed by atoms with van der Waals surface area (Å²) >= 11 is 0. The standard InChI is InChI=1S/C25H24N2O2/c1-7-28-21-12-19-18(11-22(21)29-14(2)3)15(4)23-17-9-8-16(13-26)10-20(17)27-24(23)25(19,5)6/h7-12,14,27H,1,4H2,2-3,5-6H3. The van der Waals surface area contributed by atoms with Crippen molar-refractivity contribution in [1.82, 2.24) is 4.98 Å². The fourth-order valence-corrected chi connectivity index (χ4v) is 4.17. The van der Waals surface area contributed by atoms with Crippen LogP contribution in [0.3, 0.4) is 0 Å². The summed E-state index contributed by atoms with van der Waals surface area (Å²) in [5.41, 5.74) is 6.52. The molecule has 1 aliphatic carbocycles. The quantitative estimate of drug-likeness (QED) is 0.557. The highest BCUT2D eigenvalue weighted by Gasteiger charge is 2.38. The van der Waals surface area contributed by atoms with Crippen LogP contribution in [0.5, 0.6) is 11.5 Å². The minimum absolute atomic E-state index is 0.0122. The Labute approximate surface area is 171 Å². The van der Waals surface area contributed by atoms with Crippen LogP contribution in [0.15, 0.2) is 49.8 Å². The number of benzene rings is 2. The van der Waals surface area contributed by atoms with Crippen LogP contribution >= 0.6 is 0 Å². The molecule has 0 saturated carbocycles. The van der Waals surface area contributed by atoms with Gasteiger partial charge in [-0.05, 0) is 54.8 Å². The molecule has 0 bridgehead atoms. The molecule has 29 heavy (non-hydrogen) atoms. The summed E-state index contributed by atoms with van der Waals surface area (Å²) in [4.78, 5) is 3.55. The normalized spacial score (nSPS) is 14.3. The molecule has 0 amide bonds. The molecule has 146 valence electrons. The van der Waals surface area contributed by atoms with E-state index in [4.69, 9.17) is 9.47 Å². The van der Waals surface area contributed by atoms with Crippen molar-refractivity contribution < 1.29 is 9.47 Å². The fraction of sp³-hybridized carbons (Fsp3) is 0.240. The van der Waals surface area contributed by atoms with Crippen molar-refractivity contribution in [2.75, 3.05) is 0 Å². The number of hydrogen-bond acceptors (Lipinski definition) is 3. The van der Waals surface area contributed by atoms with Crippen molar-refractivity contribution in [2.45, 2.75) is 39.2 Å². The average molecular weight is 384 g/mol. The molecule has 0 saturated heterocycles. The summed E-state index contributed by atoms with van der Waals surface area (Å²) in [5, 5.41) is 10.3. The van der Waals surface area contributed by atoms with E-state index < -0.39 is 0 Å². The highest BCUT2D eigenvalue weighted by Crippen LogP contribution is 2.51. The summed E-state index contributed by atoms with van der Waals surface area (Å²) in [6, 6.07) is 12.0. The zero-order valence-electron chi connectivity index (χ0n) is 17.2. The van der Waals surface area contributed by atoms with Crippen LogP contribution < -0.4 is 9.47 Å². The lowest BCUT2D eigenvalue weighted by Crippen LogP contribution is -2.26. The monoisotopic (exact) mass is 384 g/mol. The molecule has 1 N–H and O–H groups in total. The summed E-state index contributed by atoms with van der Waals surface area (Å²) in [7, 11) is 0. The van der Waals surface area contributed by atoms with E-state index in [-0.39, 0.29) is 11.5 Å². The van der Waals surface area contributed by atoms with E-state index in [1.165, 1.54) is 6.26 Å². The van der Waals surface area contributed by atoms with Crippen LogP contribution in [0.1, 0.15) is 55.6 Å². The van der Waals surface area contributed by atoms with E-state index >= 15 is 0 Å². The number of ether oxygens (including phenoxy) is 2. The van der Waals surface area contributed by atoms with Crippen molar-refractivity contribution in [2.24, 2.45) is 0 Å². The van der Waals surface area contributed by atoms with Crippen molar-refractivity contribution in [3.8, 4) is 17.6 Å². The molecular formula is C25H24N2O2. The van der Waals surface area contributed by atoms with E-state index in [0.717, 1.165) is 38.9 Å². The SMILES string of the molecule is C=COc1cc2c(cc1OC(C)C)C(=C)c1c([nH]c3cc(C#N)ccc13)C2(C)C. The van der Waals surface area contributed by atoms with Gasteiger partial charge in [0.1, 0.15) is 0 Å². The molecule has 4 rings (SSSR count). The van der Waals surface area contributed by atoms with Gasteiger partial charge >= 0.3 is 0 Å². The Kier molecular flexibility index (Phi) is 4.28. The number of nitriles is 1. The van der Waals surface area contributed by atoms with Gasteiger partial charge in [-0.2, -0.15) is 5.26 Å². The topological polar surface area (TPSA) is 58.0 Å². The Morgan fingerprint density at radius 3 is 2.59 bits per heavy atom. The Balaban J connectivity index is 1.99. The number of nitrogens with one attached hydrogen (secondary N) is 1. The molecule has 1 aliphatic rings. The molecular weight excluding hydrogens is 360 g/mol. The maximum absolute atomic E-state index is 9.26. The summed E-state index contributed by atoms with van der Waals surface area (Å²) in [5.74, 6) is 1.31. The Bertz CT molecular complexity index is 1210. The zero-order valence-corrected chi connectivity index (χ0v) is 17.2. The Morgan fingerprint density at radius 2 is 1.93 bits per heavy atom. The average Bonchev–Trinajstić information content (AvgIpc) is 3.07. The van der Waals surface area contributed by atoms with Gasteiger partial charge in [0.05, 0.1) is 24.0 Å². The molecule has 4 heteroatoms. The van der Waals surface area contributed by atoms with Crippen LogP contribution in [0, 0.1) is 11.3 Å². The highest BCUT2D eigenvalue weighted by atomic mass is 16.5. The van der Waals surface area contributed by atoms with E-state index in [0.29, 0.717) is 17.1 Å². The predicted molar refractivity (Wildman–Crippen MR) is 116 cm³/mol. The number of H-pyrrole nitrogens is 1. The van der Waals surface area contributed by atoms with E-state index in [1.54, 1.807) is 0 Å². The smallest absolute Gasteiger partial charge is 0.168 e. The van der Waals surface area contributed by atoms with Crippen molar-refractivity contribution in [3.05, 3.63) is 77.7 Å². The van der Waals surface area contributed by atoms with E-state index in [1.807, 2.05) is 44.2 Å². The van der Waals surface area contributed by atoms with Crippen LogP contribution in [0.4, 0.5) is 0 Å². The van der Waals surface area contributed by atoms with Gasteiger partial charge in [-0.15, -0.1) is 0 Å². The molecule has 0 unspecified atom stereocenters.